The molecule has 1 amide bonds. The fraction of sp³-hybridized carbons (Fsp3) is 0.609. The molecule has 2 aromatic rings. The van der Waals surface area contributed by atoms with Gasteiger partial charge in [-0.1, -0.05) is 0 Å². The molecule has 5 heterocycles. The van der Waals surface area contributed by atoms with Gasteiger partial charge in [-0.2, -0.15) is 9.78 Å². The number of hydrogen-bond acceptors (Lipinski definition) is 10. The van der Waals surface area contributed by atoms with Crippen LogP contribution >= 0.6 is 0 Å². The average molecular weight is 483 g/mol. The van der Waals surface area contributed by atoms with Crippen molar-refractivity contribution < 1.29 is 19.1 Å². The van der Waals surface area contributed by atoms with Crippen LogP contribution < -0.4 is 0 Å². The van der Waals surface area contributed by atoms with Crippen molar-refractivity contribution in [3.63, 3.8) is 0 Å². The average Bonchev–Trinajstić information content (AvgIpc) is 3.57. The molecule has 2 unspecified atom stereocenters. The predicted molar refractivity (Wildman–Crippen MR) is 122 cm³/mol. The number of amides is 1. The van der Waals surface area contributed by atoms with Gasteiger partial charge < -0.3 is 19.3 Å². The Morgan fingerprint density at radius 3 is 2.83 bits per heavy atom. The summed E-state index contributed by atoms with van der Waals surface area (Å²) in [6.07, 6.45) is 5.34. The van der Waals surface area contributed by atoms with Crippen LogP contribution in [0.2, 0.25) is 0 Å². The van der Waals surface area contributed by atoms with Gasteiger partial charge in [0, 0.05) is 32.2 Å². The van der Waals surface area contributed by atoms with Crippen LogP contribution in [0.3, 0.4) is 0 Å². The van der Waals surface area contributed by atoms with E-state index in [1.54, 1.807) is 11.8 Å². The number of esters is 1. The highest BCUT2D eigenvalue weighted by Crippen LogP contribution is 2.44. The smallest absolute Gasteiger partial charge is 0.336 e. The van der Waals surface area contributed by atoms with Crippen LogP contribution in [0, 0.1) is 5.41 Å². The quantitative estimate of drug-likeness (QED) is 0.538. The van der Waals surface area contributed by atoms with E-state index in [2.05, 4.69) is 37.7 Å². The van der Waals surface area contributed by atoms with Gasteiger partial charge in [-0.3, -0.25) is 4.79 Å². The molecule has 2 fully saturated rings. The fourth-order valence-corrected chi connectivity index (χ4v) is 5.22. The number of hydrogen-bond donors (Lipinski definition) is 0. The van der Waals surface area contributed by atoms with Crippen molar-refractivity contribution in [3.05, 3.63) is 35.4 Å². The van der Waals surface area contributed by atoms with E-state index in [-0.39, 0.29) is 24.5 Å². The summed E-state index contributed by atoms with van der Waals surface area (Å²) in [7, 11) is 2.07. The molecule has 0 aliphatic carbocycles. The van der Waals surface area contributed by atoms with Gasteiger partial charge in [0.05, 0.1) is 29.0 Å². The first-order valence-corrected chi connectivity index (χ1v) is 12.0. The first-order chi connectivity index (χ1) is 17.0. The normalized spacial score (nSPS) is 25.5. The minimum atomic E-state index is -0.436. The molecule has 0 saturated carbocycles. The molecule has 3 aliphatic heterocycles. The maximum absolute atomic E-state index is 13.7. The van der Waals surface area contributed by atoms with Crippen LogP contribution in [-0.4, -0.2) is 98.1 Å². The van der Waals surface area contributed by atoms with E-state index in [1.165, 1.54) is 11.0 Å². The van der Waals surface area contributed by atoms with Gasteiger partial charge >= 0.3 is 5.97 Å². The summed E-state index contributed by atoms with van der Waals surface area (Å²) in [5, 5.41) is 19.6. The number of aromatic nitrogens is 6. The first-order valence-electron chi connectivity index (χ1n) is 12.0. The number of nitrogens with zero attached hydrogens (tertiary/aromatic N) is 8. The largest absolute Gasteiger partial charge is 0.456 e. The molecule has 12 nitrogen and oxygen atoms in total. The maximum Gasteiger partial charge on any atom is 0.336 e. The lowest BCUT2D eigenvalue weighted by Crippen LogP contribution is -2.45. The van der Waals surface area contributed by atoms with Crippen LogP contribution in [0.25, 0.3) is 5.82 Å². The highest BCUT2D eigenvalue weighted by molar-refractivity contribution is 5.94. The van der Waals surface area contributed by atoms with Gasteiger partial charge in [0.1, 0.15) is 12.9 Å². The SMILES string of the molecule is CC1=C(N2CCC3(CCCOCC(N(C)CCc4ccc(-n5cnnn5)nn4)C3)C2=O)COC1=O. The lowest BCUT2D eigenvalue weighted by molar-refractivity contribution is -0.139. The third kappa shape index (κ3) is 4.67. The minimum absolute atomic E-state index is 0.101. The first kappa shape index (κ1) is 23.5. The number of ether oxygens (including phenoxy) is 2. The lowest BCUT2D eigenvalue weighted by Gasteiger charge is -2.38. The second-order valence-electron chi connectivity index (χ2n) is 9.54. The van der Waals surface area contributed by atoms with E-state index in [0.717, 1.165) is 43.6 Å². The number of likely N-dealkylation sites (N-methyl/N-ethyl adjacent to an activating group) is 1. The molecule has 0 radical (unpaired) electrons. The molecule has 2 atom stereocenters. The number of likely N-dealkylation sites (tertiary alicyclic amines) is 1. The van der Waals surface area contributed by atoms with Gasteiger partial charge in [-0.05, 0) is 62.2 Å². The van der Waals surface area contributed by atoms with Crippen LogP contribution in [0.15, 0.2) is 29.7 Å². The molecule has 1 spiro atoms. The number of tetrazole rings is 1. The predicted octanol–water partition coefficient (Wildman–Crippen LogP) is 0.545. The molecule has 3 aliphatic rings. The van der Waals surface area contributed by atoms with E-state index in [1.807, 2.05) is 12.1 Å². The molecular formula is C23H30N8O4. The van der Waals surface area contributed by atoms with E-state index < -0.39 is 5.41 Å². The van der Waals surface area contributed by atoms with E-state index in [0.29, 0.717) is 37.6 Å². The Kier molecular flexibility index (Phi) is 6.56. The molecule has 186 valence electrons. The molecule has 2 aromatic heterocycles. The van der Waals surface area contributed by atoms with Crippen molar-refractivity contribution in [3.8, 4) is 5.82 Å². The zero-order valence-electron chi connectivity index (χ0n) is 20.1. The molecule has 0 bridgehead atoms. The minimum Gasteiger partial charge on any atom is -0.456 e. The Balaban J connectivity index is 1.24. The number of carbonyl (C=O) groups excluding carboxylic acids is 2. The molecule has 12 heteroatoms. The molecule has 0 aromatic carbocycles. The van der Waals surface area contributed by atoms with Crippen molar-refractivity contribution in [2.24, 2.45) is 5.41 Å². The van der Waals surface area contributed by atoms with Crippen LogP contribution in [0.5, 0.6) is 0 Å². The van der Waals surface area contributed by atoms with Gasteiger partial charge in [-0.15, -0.1) is 10.2 Å². The molecule has 0 N–H and O–H groups in total. The zero-order chi connectivity index (χ0) is 24.4. The van der Waals surface area contributed by atoms with Gasteiger partial charge in [0.25, 0.3) is 0 Å². The number of carbonyl (C=O) groups is 2. The highest BCUT2D eigenvalue weighted by atomic mass is 16.5. The highest BCUT2D eigenvalue weighted by Gasteiger charge is 2.50. The molecule has 2 saturated heterocycles. The number of cyclic esters (lactones) is 1. The Morgan fingerprint density at radius 1 is 1.23 bits per heavy atom. The molecule has 35 heavy (non-hydrogen) atoms. The Labute approximate surface area is 203 Å². The van der Waals surface area contributed by atoms with Crippen molar-refractivity contribution in [2.45, 2.75) is 45.1 Å². The van der Waals surface area contributed by atoms with Crippen LogP contribution in [0.1, 0.15) is 38.3 Å². The summed E-state index contributed by atoms with van der Waals surface area (Å²) in [4.78, 5) is 29.6. The fourth-order valence-electron chi connectivity index (χ4n) is 5.22. The Morgan fingerprint density at radius 2 is 2.11 bits per heavy atom. The van der Waals surface area contributed by atoms with Gasteiger partial charge in [0.15, 0.2) is 5.82 Å². The summed E-state index contributed by atoms with van der Waals surface area (Å²) < 4.78 is 12.5. The van der Waals surface area contributed by atoms with Crippen molar-refractivity contribution in [1.29, 1.82) is 0 Å². The second kappa shape index (κ2) is 9.78. The van der Waals surface area contributed by atoms with Crippen LogP contribution in [-0.2, 0) is 25.5 Å². The van der Waals surface area contributed by atoms with E-state index in [9.17, 15) is 9.59 Å². The summed E-state index contributed by atoms with van der Waals surface area (Å²) in [6.45, 7) is 4.54. The van der Waals surface area contributed by atoms with Crippen LogP contribution in [0.4, 0.5) is 0 Å². The zero-order valence-corrected chi connectivity index (χ0v) is 20.1. The summed E-state index contributed by atoms with van der Waals surface area (Å²) in [6, 6.07) is 3.86. The third-order valence-corrected chi connectivity index (χ3v) is 7.43. The van der Waals surface area contributed by atoms with E-state index >= 15 is 0 Å². The topological polar surface area (TPSA) is 128 Å². The Bertz CT molecular complexity index is 1100. The Hall–Kier alpha value is -3.25. The summed E-state index contributed by atoms with van der Waals surface area (Å²) in [5.74, 6) is 0.354. The summed E-state index contributed by atoms with van der Waals surface area (Å²) >= 11 is 0. The van der Waals surface area contributed by atoms with Gasteiger partial charge in [0.2, 0.25) is 5.91 Å². The summed E-state index contributed by atoms with van der Waals surface area (Å²) in [5.41, 5.74) is 1.70. The third-order valence-electron chi connectivity index (χ3n) is 7.43. The molecular weight excluding hydrogens is 452 g/mol. The van der Waals surface area contributed by atoms with Gasteiger partial charge in [-0.25, -0.2) is 4.79 Å². The van der Waals surface area contributed by atoms with Crippen molar-refractivity contribution in [1.82, 2.24) is 40.2 Å². The standard InChI is InChI=1S/C23H30N8O4/c1-16-19(14-35-21(16)32)30-10-8-23(22(30)33)7-3-11-34-13-18(12-23)29(2)9-6-17-4-5-20(26-25-17)31-15-24-27-28-31/h4-5,15,18H,3,6-14H2,1-2H3. The lowest BCUT2D eigenvalue weighted by atomic mass is 9.75. The second-order valence-corrected chi connectivity index (χ2v) is 9.54. The monoisotopic (exact) mass is 482 g/mol. The number of rotatable bonds is 6. The van der Waals surface area contributed by atoms with E-state index in [4.69, 9.17) is 9.47 Å². The molecule has 5 rings (SSSR count). The maximum atomic E-state index is 13.7. The van der Waals surface area contributed by atoms with Crippen molar-refractivity contribution in [2.75, 3.05) is 40.0 Å². The van der Waals surface area contributed by atoms with Crippen molar-refractivity contribution >= 4 is 11.9 Å².